The largest absolute Gasteiger partial charge is 0.491 e. The molecule has 1 fully saturated rings. The number of fused-ring (bicyclic) bond motifs is 1. The third kappa shape index (κ3) is 4.87. The molecule has 2 aliphatic rings. The topological polar surface area (TPSA) is 66.9 Å². The highest BCUT2D eigenvalue weighted by atomic mass is 16.5. The minimum absolute atomic E-state index is 0.0140. The van der Waals surface area contributed by atoms with Crippen molar-refractivity contribution in [3.63, 3.8) is 0 Å². The van der Waals surface area contributed by atoms with Crippen molar-refractivity contribution in [1.82, 2.24) is 9.80 Å². The highest BCUT2D eigenvalue weighted by Gasteiger charge is 2.22. The van der Waals surface area contributed by atoms with E-state index in [2.05, 4.69) is 0 Å². The Hall–Kier alpha value is -2.37. The smallest absolute Gasteiger partial charge is 0.219 e. The SMILES string of the molecule is CC(=O)N1CCC(CCC(=O)c2ccc3c(c2)CN(C(C)=O)CCO3)CC1. The Labute approximate surface area is 160 Å². The summed E-state index contributed by atoms with van der Waals surface area (Å²) in [5.74, 6) is 1.54. The summed E-state index contributed by atoms with van der Waals surface area (Å²) in [6.45, 7) is 6.27. The summed E-state index contributed by atoms with van der Waals surface area (Å²) < 4.78 is 5.71. The van der Waals surface area contributed by atoms with E-state index in [9.17, 15) is 14.4 Å². The van der Waals surface area contributed by atoms with Crippen molar-refractivity contribution in [2.24, 2.45) is 5.92 Å². The number of nitrogens with zero attached hydrogens (tertiary/aromatic N) is 2. The molecule has 0 saturated carbocycles. The van der Waals surface area contributed by atoms with Crippen molar-refractivity contribution in [1.29, 1.82) is 0 Å². The molecule has 0 aromatic heterocycles. The van der Waals surface area contributed by atoms with E-state index in [1.54, 1.807) is 18.7 Å². The highest BCUT2D eigenvalue weighted by Crippen LogP contribution is 2.27. The quantitative estimate of drug-likeness (QED) is 0.762. The Morgan fingerprint density at radius 1 is 1.04 bits per heavy atom. The second-order valence-electron chi connectivity index (χ2n) is 7.52. The average molecular weight is 372 g/mol. The van der Waals surface area contributed by atoms with Crippen LogP contribution in [0.15, 0.2) is 18.2 Å². The fraction of sp³-hybridized carbons (Fsp3) is 0.571. The average Bonchev–Trinajstić information content (AvgIpc) is 2.88. The summed E-state index contributed by atoms with van der Waals surface area (Å²) >= 11 is 0. The molecule has 27 heavy (non-hydrogen) atoms. The number of rotatable bonds is 4. The van der Waals surface area contributed by atoms with Gasteiger partial charge < -0.3 is 14.5 Å². The molecule has 1 aromatic rings. The van der Waals surface area contributed by atoms with E-state index in [4.69, 9.17) is 4.74 Å². The first-order valence-corrected chi connectivity index (χ1v) is 9.74. The first-order chi connectivity index (χ1) is 12.9. The van der Waals surface area contributed by atoms with Gasteiger partial charge in [-0.3, -0.25) is 14.4 Å². The first-order valence-electron chi connectivity index (χ1n) is 9.74. The summed E-state index contributed by atoms with van der Waals surface area (Å²) in [4.78, 5) is 39.4. The van der Waals surface area contributed by atoms with E-state index >= 15 is 0 Å². The van der Waals surface area contributed by atoms with Crippen LogP contribution in [0.25, 0.3) is 0 Å². The van der Waals surface area contributed by atoms with Crippen LogP contribution in [0.1, 0.15) is 55.5 Å². The molecule has 0 spiro atoms. The Morgan fingerprint density at radius 2 is 1.74 bits per heavy atom. The van der Waals surface area contributed by atoms with Gasteiger partial charge in [-0.25, -0.2) is 0 Å². The van der Waals surface area contributed by atoms with Gasteiger partial charge in [-0.15, -0.1) is 0 Å². The molecule has 1 saturated heterocycles. The van der Waals surface area contributed by atoms with Crippen LogP contribution in [0.5, 0.6) is 5.75 Å². The van der Waals surface area contributed by atoms with E-state index in [1.165, 1.54) is 0 Å². The maximum Gasteiger partial charge on any atom is 0.219 e. The lowest BCUT2D eigenvalue weighted by molar-refractivity contribution is -0.130. The molecule has 0 bridgehead atoms. The van der Waals surface area contributed by atoms with Gasteiger partial charge in [-0.2, -0.15) is 0 Å². The van der Waals surface area contributed by atoms with E-state index in [1.807, 2.05) is 23.1 Å². The minimum atomic E-state index is 0.0140. The predicted molar refractivity (Wildman–Crippen MR) is 102 cm³/mol. The Balaban J connectivity index is 1.58. The second kappa shape index (κ2) is 8.55. The number of benzene rings is 1. The van der Waals surface area contributed by atoms with Gasteiger partial charge in [-0.1, -0.05) is 0 Å². The van der Waals surface area contributed by atoms with Crippen LogP contribution in [0.4, 0.5) is 0 Å². The summed E-state index contributed by atoms with van der Waals surface area (Å²) in [5.41, 5.74) is 1.58. The number of ketones is 1. The lowest BCUT2D eigenvalue weighted by Gasteiger charge is -2.31. The maximum absolute atomic E-state index is 12.7. The van der Waals surface area contributed by atoms with Crippen LogP contribution in [0.2, 0.25) is 0 Å². The van der Waals surface area contributed by atoms with Gasteiger partial charge >= 0.3 is 0 Å². The van der Waals surface area contributed by atoms with Crippen LogP contribution in [0.3, 0.4) is 0 Å². The molecule has 0 radical (unpaired) electrons. The van der Waals surface area contributed by atoms with Crippen molar-refractivity contribution in [2.45, 2.75) is 46.1 Å². The van der Waals surface area contributed by atoms with E-state index in [0.29, 0.717) is 37.6 Å². The van der Waals surface area contributed by atoms with Crippen molar-refractivity contribution in [3.8, 4) is 5.75 Å². The third-order valence-electron chi connectivity index (χ3n) is 5.65. The van der Waals surface area contributed by atoms with Crippen LogP contribution >= 0.6 is 0 Å². The van der Waals surface area contributed by atoms with Gasteiger partial charge in [0.2, 0.25) is 11.8 Å². The number of hydrogen-bond acceptors (Lipinski definition) is 4. The van der Waals surface area contributed by atoms with Gasteiger partial charge in [0.25, 0.3) is 0 Å². The number of ether oxygens (including phenoxy) is 1. The van der Waals surface area contributed by atoms with Crippen LogP contribution in [-0.4, -0.2) is 53.6 Å². The van der Waals surface area contributed by atoms with Crippen LogP contribution in [0, 0.1) is 5.92 Å². The minimum Gasteiger partial charge on any atom is -0.491 e. The molecular weight excluding hydrogens is 344 g/mol. The van der Waals surface area contributed by atoms with Crippen molar-refractivity contribution >= 4 is 17.6 Å². The van der Waals surface area contributed by atoms with Gasteiger partial charge in [0.05, 0.1) is 6.54 Å². The molecule has 0 atom stereocenters. The number of likely N-dealkylation sites (tertiary alicyclic amines) is 1. The Bertz CT molecular complexity index is 723. The molecule has 6 heteroatoms. The zero-order valence-electron chi connectivity index (χ0n) is 16.2. The predicted octanol–water partition coefficient (Wildman–Crippen LogP) is 2.65. The highest BCUT2D eigenvalue weighted by molar-refractivity contribution is 5.96. The van der Waals surface area contributed by atoms with Gasteiger partial charge in [0.1, 0.15) is 12.4 Å². The summed E-state index contributed by atoms with van der Waals surface area (Å²) in [7, 11) is 0. The molecular formula is C21H28N2O4. The molecule has 2 amide bonds. The number of hydrogen-bond donors (Lipinski definition) is 0. The van der Waals surface area contributed by atoms with Gasteiger partial charge in [-0.05, 0) is 43.4 Å². The molecule has 146 valence electrons. The number of carbonyl (C=O) groups excluding carboxylic acids is 3. The zero-order chi connectivity index (χ0) is 19.4. The fourth-order valence-electron chi connectivity index (χ4n) is 3.85. The summed E-state index contributed by atoms with van der Waals surface area (Å²) in [6, 6.07) is 5.54. The van der Waals surface area contributed by atoms with Crippen molar-refractivity contribution in [3.05, 3.63) is 29.3 Å². The lowest BCUT2D eigenvalue weighted by atomic mass is 9.90. The summed E-state index contributed by atoms with van der Waals surface area (Å²) in [6.07, 6.45) is 3.31. The van der Waals surface area contributed by atoms with E-state index < -0.39 is 0 Å². The molecule has 0 aliphatic carbocycles. The lowest BCUT2D eigenvalue weighted by Crippen LogP contribution is -2.37. The molecule has 1 aromatic carbocycles. The number of piperidine rings is 1. The third-order valence-corrected chi connectivity index (χ3v) is 5.65. The first kappa shape index (κ1) is 19.4. The number of Topliss-reactive ketones (excluding diaryl/α,β-unsaturated/α-hetero) is 1. The molecule has 2 aliphatic heterocycles. The summed E-state index contributed by atoms with van der Waals surface area (Å²) in [5, 5.41) is 0. The second-order valence-corrected chi connectivity index (χ2v) is 7.52. The molecule has 2 heterocycles. The van der Waals surface area contributed by atoms with Crippen LogP contribution < -0.4 is 4.74 Å². The Morgan fingerprint density at radius 3 is 2.41 bits per heavy atom. The van der Waals surface area contributed by atoms with E-state index in [-0.39, 0.29) is 17.6 Å². The Kier molecular flexibility index (Phi) is 6.14. The van der Waals surface area contributed by atoms with E-state index in [0.717, 1.165) is 43.7 Å². The normalized spacial score (nSPS) is 17.7. The van der Waals surface area contributed by atoms with Gasteiger partial charge in [0, 0.05) is 51.0 Å². The fourth-order valence-corrected chi connectivity index (χ4v) is 3.85. The van der Waals surface area contributed by atoms with Crippen molar-refractivity contribution in [2.75, 3.05) is 26.2 Å². The zero-order valence-corrected chi connectivity index (χ0v) is 16.2. The number of amides is 2. The standard InChI is InChI=1S/C21H28N2O4/c1-15(24)22-9-7-17(8-10-22)3-5-20(26)18-4-6-21-19(13-18)14-23(16(2)25)11-12-27-21/h4,6,13,17H,3,5,7-12,14H2,1-2H3. The molecule has 6 nitrogen and oxygen atoms in total. The van der Waals surface area contributed by atoms with Gasteiger partial charge in [0.15, 0.2) is 5.78 Å². The monoisotopic (exact) mass is 372 g/mol. The van der Waals surface area contributed by atoms with Crippen molar-refractivity contribution < 1.29 is 19.1 Å². The molecule has 0 N–H and O–H groups in total. The number of carbonyl (C=O) groups is 3. The maximum atomic E-state index is 12.7. The van der Waals surface area contributed by atoms with Crippen LogP contribution in [-0.2, 0) is 16.1 Å². The molecule has 0 unspecified atom stereocenters. The molecule has 3 rings (SSSR count).